The van der Waals surface area contributed by atoms with Crippen molar-refractivity contribution in [1.29, 1.82) is 0 Å². The average molecular weight is 216 g/mol. The highest BCUT2D eigenvalue weighted by atomic mass is 16.5. The molecular weight excluding hydrogens is 196 g/mol. The first-order chi connectivity index (χ1) is 7.06. The lowest BCUT2D eigenvalue weighted by molar-refractivity contribution is -0.159. The summed E-state index contributed by atoms with van der Waals surface area (Å²) >= 11 is 0. The molecule has 0 bridgehead atoms. The van der Waals surface area contributed by atoms with Gasteiger partial charge in [0.2, 0.25) is 0 Å². The first kappa shape index (κ1) is 13.9. The second-order valence-corrected chi connectivity index (χ2v) is 3.56. The van der Waals surface area contributed by atoms with Crippen LogP contribution in [0.5, 0.6) is 0 Å². The summed E-state index contributed by atoms with van der Waals surface area (Å²) in [7, 11) is 0. The second-order valence-electron chi connectivity index (χ2n) is 3.56. The Kier molecular flexibility index (Phi) is 6.75. The van der Waals surface area contributed by atoms with Gasteiger partial charge in [0, 0.05) is 0 Å². The van der Waals surface area contributed by atoms with Gasteiger partial charge in [0.1, 0.15) is 0 Å². The maximum Gasteiger partial charge on any atom is 0.320 e. The highest BCUT2D eigenvalue weighted by Gasteiger charge is 2.29. The Balaban J connectivity index is 4.39. The van der Waals surface area contributed by atoms with Crippen LogP contribution in [0.15, 0.2) is 0 Å². The van der Waals surface area contributed by atoms with E-state index in [1.165, 1.54) is 0 Å². The highest BCUT2D eigenvalue weighted by molar-refractivity contribution is 5.93. The van der Waals surface area contributed by atoms with Crippen molar-refractivity contribution in [2.24, 2.45) is 11.8 Å². The van der Waals surface area contributed by atoms with E-state index in [0.717, 1.165) is 12.8 Å². The molecule has 88 valence electrons. The van der Waals surface area contributed by atoms with Gasteiger partial charge in [-0.05, 0) is 19.3 Å². The normalized spacial score (nSPS) is 12.5. The van der Waals surface area contributed by atoms with E-state index in [4.69, 9.17) is 9.84 Å². The topological polar surface area (TPSA) is 63.6 Å². The third kappa shape index (κ3) is 4.81. The largest absolute Gasteiger partial charge is 0.481 e. The number of ether oxygens (including phenoxy) is 1. The van der Waals surface area contributed by atoms with Gasteiger partial charge in [0.05, 0.1) is 6.61 Å². The summed E-state index contributed by atoms with van der Waals surface area (Å²) in [5, 5.41) is 8.91. The van der Waals surface area contributed by atoms with Crippen LogP contribution < -0.4 is 0 Å². The Morgan fingerprint density at radius 1 is 1.20 bits per heavy atom. The van der Waals surface area contributed by atoms with Gasteiger partial charge in [0.15, 0.2) is 5.92 Å². The first-order valence-corrected chi connectivity index (χ1v) is 5.46. The Hall–Kier alpha value is -1.06. The standard InChI is InChI=1S/C11H20O4/c1-4-8(5-2)7-9(10(12)13)11(14)15-6-3/h8-9H,4-7H2,1-3H3,(H,12,13). The van der Waals surface area contributed by atoms with Gasteiger partial charge < -0.3 is 9.84 Å². The van der Waals surface area contributed by atoms with Crippen LogP contribution in [-0.4, -0.2) is 23.7 Å². The lowest BCUT2D eigenvalue weighted by Gasteiger charge is -2.17. The molecule has 0 heterocycles. The molecule has 1 N–H and O–H groups in total. The van der Waals surface area contributed by atoms with Crippen LogP contribution >= 0.6 is 0 Å². The van der Waals surface area contributed by atoms with E-state index in [1.807, 2.05) is 13.8 Å². The number of carboxylic acids is 1. The van der Waals surface area contributed by atoms with Crippen LogP contribution in [0, 0.1) is 11.8 Å². The van der Waals surface area contributed by atoms with E-state index in [2.05, 4.69) is 0 Å². The summed E-state index contributed by atoms with van der Waals surface area (Å²) in [6.07, 6.45) is 2.15. The molecule has 0 aromatic rings. The maximum atomic E-state index is 11.3. The van der Waals surface area contributed by atoms with Crippen LogP contribution in [0.2, 0.25) is 0 Å². The van der Waals surface area contributed by atoms with Crippen LogP contribution in [0.4, 0.5) is 0 Å². The second kappa shape index (κ2) is 7.26. The summed E-state index contributed by atoms with van der Waals surface area (Å²) < 4.78 is 4.74. The molecule has 0 saturated heterocycles. The summed E-state index contributed by atoms with van der Waals surface area (Å²) in [5.74, 6) is -2.43. The van der Waals surface area contributed by atoms with Crippen molar-refractivity contribution >= 4 is 11.9 Å². The number of carboxylic acid groups (broad SMARTS) is 1. The molecule has 0 aliphatic heterocycles. The van der Waals surface area contributed by atoms with Gasteiger partial charge in [-0.25, -0.2) is 0 Å². The summed E-state index contributed by atoms with van der Waals surface area (Å²) in [6.45, 7) is 5.90. The minimum atomic E-state index is -1.08. The summed E-state index contributed by atoms with van der Waals surface area (Å²) in [6, 6.07) is 0. The zero-order valence-electron chi connectivity index (χ0n) is 9.66. The highest BCUT2D eigenvalue weighted by Crippen LogP contribution is 2.20. The molecule has 0 aliphatic carbocycles. The average Bonchev–Trinajstić information content (AvgIpc) is 2.19. The number of carbonyl (C=O) groups excluding carboxylic acids is 1. The van der Waals surface area contributed by atoms with Crippen molar-refractivity contribution in [3.63, 3.8) is 0 Å². The first-order valence-electron chi connectivity index (χ1n) is 5.46. The molecule has 4 heteroatoms. The molecule has 1 unspecified atom stereocenters. The van der Waals surface area contributed by atoms with Crippen LogP contribution in [0.25, 0.3) is 0 Å². The van der Waals surface area contributed by atoms with E-state index >= 15 is 0 Å². The van der Waals surface area contributed by atoms with Crippen molar-refractivity contribution in [1.82, 2.24) is 0 Å². The van der Waals surface area contributed by atoms with Gasteiger partial charge in [-0.1, -0.05) is 26.7 Å². The number of hydrogen-bond acceptors (Lipinski definition) is 3. The van der Waals surface area contributed by atoms with Gasteiger partial charge >= 0.3 is 11.9 Å². The Labute approximate surface area is 90.6 Å². The summed E-state index contributed by atoms with van der Waals surface area (Å²) in [4.78, 5) is 22.2. The van der Waals surface area contributed by atoms with Crippen LogP contribution in [-0.2, 0) is 14.3 Å². The van der Waals surface area contributed by atoms with E-state index < -0.39 is 17.9 Å². The number of esters is 1. The van der Waals surface area contributed by atoms with E-state index in [9.17, 15) is 9.59 Å². The molecule has 0 radical (unpaired) electrons. The molecule has 0 spiro atoms. The van der Waals surface area contributed by atoms with Crippen LogP contribution in [0.3, 0.4) is 0 Å². The molecule has 0 aliphatic rings. The fourth-order valence-corrected chi connectivity index (χ4v) is 1.50. The van der Waals surface area contributed by atoms with Crippen molar-refractivity contribution in [3.05, 3.63) is 0 Å². The molecule has 15 heavy (non-hydrogen) atoms. The van der Waals surface area contributed by atoms with Gasteiger partial charge in [-0.3, -0.25) is 9.59 Å². The van der Waals surface area contributed by atoms with E-state index in [0.29, 0.717) is 6.42 Å². The monoisotopic (exact) mass is 216 g/mol. The fourth-order valence-electron chi connectivity index (χ4n) is 1.50. The SMILES string of the molecule is CCOC(=O)C(CC(CC)CC)C(=O)O. The molecule has 0 saturated carbocycles. The predicted octanol–water partition coefficient (Wildman–Crippen LogP) is 2.08. The third-order valence-corrected chi connectivity index (χ3v) is 2.59. The Morgan fingerprint density at radius 3 is 2.07 bits per heavy atom. The van der Waals surface area contributed by atoms with E-state index in [1.54, 1.807) is 6.92 Å². The number of aliphatic carboxylic acids is 1. The quantitative estimate of drug-likeness (QED) is 0.522. The van der Waals surface area contributed by atoms with Crippen molar-refractivity contribution in [3.8, 4) is 0 Å². The van der Waals surface area contributed by atoms with Crippen LogP contribution in [0.1, 0.15) is 40.0 Å². The Morgan fingerprint density at radius 2 is 1.73 bits per heavy atom. The molecule has 1 atom stereocenters. The zero-order chi connectivity index (χ0) is 11.8. The number of rotatable bonds is 7. The molecule has 0 fully saturated rings. The minimum absolute atomic E-state index is 0.228. The zero-order valence-corrected chi connectivity index (χ0v) is 9.66. The Bertz CT molecular complexity index is 209. The third-order valence-electron chi connectivity index (χ3n) is 2.59. The minimum Gasteiger partial charge on any atom is -0.481 e. The van der Waals surface area contributed by atoms with Gasteiger partial charge in [-0.15, -0.1) is 0 Å². The predicted molar refractivity (Wildman–Crippen MR) is 56.4 cm³/mol. The van der Waals surface area contributed by atoms with Gasteiger partial charge in [0.25, 0.3) is 0 Å². The molecule has 0 aromatic carbocycles. The lowest BCUT2D eigenvalue weighted by atomic mass is 9.90. The summed E-state index contributed by atoms with van der Waals surface area (Å²) in [5.41, 5.74) is 0. The smallest absolute Gasteiger partial charge is 0.320 e. The van der Waals surface area contributed by atoms with Gasteiger partial charge in [-0.2, -0.15) is 0 Å². The maximum absolute atomic E-state index is 11.3. The number of hydrogen-bond donors (Lipinski definition) is 1. The lowest BCUT2D eigenvalue weighted by Crippen LogP contribution is -2.28. The molecule has 0 amide bonds. The molecule has 0 rings (SSSR count). The molecule has 0 aromatic heterocycles. The number of carbonyl (C=O) groups is 2. The molecular formula is C11H20O4. The van der Waals surface area contributed by atoms with Crippen molar-refractivity contribution in [2.45, 2.75) is 40.0 Å². The molecule has 4 nitrogen and oxygen atoms in total. The van der Waals surface area contributed by atoms with E-state index in [-0.39, 0.29) is 12.5 Å². The van der Waals surface area contributed by atoms with Crippen molar-refractivity contribution in [2.75, 3.05) is 6.61 Å². The van der Waals surface area contributed by atoms with Crippen molar-refractivity contribution < 1.29 is 19.4 Å². The fraction of sp³-hybridized carbons (Fsp3) is 0.818.